The van der Waals surface area contributed by atoms with Gasteiger partial charge in [0.15, 0.2) is 0 Å². The van der Waals surface area contributed by atoms with Crippen LogP contribution in [0, 0.1) is 11.6 Å². The number of nitrogens with two attached hydrogens (primary N) is 1. The largest absolute Gasteiger partial charge is 0.446 e. The summed E-state index contributed by atoms with van der Waals surface area (Å²) in [4.78, 5) is 43.4. The Labute approximate surface area is 383 Å². The third-order valence-electron chi connectivity index (χ3n) is 11.2. The fraction of sp³-hybridized carbons (Fsp3) is 0.192. The second-order valence-electron chi connectivity index (χ2n) is 15.7. The van der Waals surface area contributed by atoms with Crippen LogP contribution in [0.1, 0.15) is 27.9 Å². The molecule has 66 heavy (non-hydrogen) atoms. The van der Waals surface area contributed by atoms with Crippen LogP contribution in [0.15, 0.2) is 156 Å². The SMILES string of the molecule is N[C@@H](Cc1ccccc1)C(=O)N1CCc2ccc(-c3ccc(F)cc3)cc21.O=C([C@H](Cc1ccccc1)NCc1cscn1)N1CCc2ccc(-c3ccc(F)cc3)cc21.O=CC(F)(F)F. The first-order valence-corrected chi connectivity index (χ1v) is 22.2. The van der Waals surface area contributed by atoms with Crippen molar-refractivity contribution in [3.63, 3.8) is 0 Å². The lowest BCUT2D eigenvalue weighted by atomic mass is 10.0. The van der Waals surface area contributed by atoms with Gasteiger partial charge in [-0.2, -0.15) is 13.2 Å². The third kappa shape index (κ3) is 12.5. The second kappa shape index (κ2) is 21.9. The van der Waals surface area contributed by atoms with Crippen LogP contribution in [0.4, 0.5) is 33.3 Å². The summed E-state index contributed by atoms with van der Waals surface area (Å²) in [5.41, 5.74) is 19.1. The number of halogens is 5. The van der Waals surface area contributed by atoms with E-state index >= 15 is 0 Å². The van der Waals surface area contributed by atoms with E-state index in [1.54, 1.807) is 46.0 Å². The van der Waals surface area contributed by atoms with E-state index in [0.29, 0.717) is 32.5 Å². The summed E-state index contributed by atoms with van der Waals surface area (Å²) in [7, 11) is 0. The number of hydrogen-bond acceptors (Lipinski definition) is 7. The molecule has 3 N–H and O–H groups in total. The zero-order valence-electron chi connectivity index (χ0n) is 35.6. The molecule has 0 radical (unpaired) electrons. The van der Waals surface area contributed by atoms with Gasteiger partial charge in [0.2, 0.25) is 18.1 Å². The Morgan fingerprint density at radius 2 is 1.12 bits per heavy atom. The van der Waals surface area contributed by atoms with Crippen molar-refractivity contribution in [3.05, 3.63) is 196 Å². The summed E-state index contributed by atoms with van der Waals surface area (Å²) >= 11 is 1.55. The van der Waals surface area contributed by atoms with Gasteiger partial charge in [0.1, 0.15) is 11.6 Å². The topological polar surface area (TPSA) is 109 Å². The van der Waals surface area contributed by atoms with E-state index in [4.69, 9.17) is 10.5 Å². The molecule has 0 saturated heterocycles. The number of nitrogens with zero attached hydrogens (tertiary/aromatic N) is 3. The van der Waals surface area contributed by atoms with Gasteiger partial charge < -0.3 is 15.5 Å². The highest BCUT2D eigenvalue weighted by Gasteiger charge is 2.31. The van der Waals surface area contributed by atoms with E-state index < -0.39 is 18.5 Å². The quantitative estimate of drug-likeness (QED) is 0.0989. The Hall–Kier alpha value is -6.87. The molecule has 0 aliphatic carbocycles. The minimum Gasteiger partial charge on any atom is -0.320 e. The van der Waals surface area contributed by atoms with Crippen molar-refractivity contribution < 1.29 is 36.3 Å². The Bertz CT molecular complexity index is 2700. The summed E-state index contributed by atoms with van der Waals surface area (Å²) in [5.74, 6) is -0.520. The highest BCUT2D eigenvalue weighted by molar-refractivity contribution is 7.07. The molecule has 7 aromatic rings. The maximum absolute atomic E-state index is 13.8. The number of carbonyl (C=O) groups is 3. The average Bonchev–Trinajstić information content (AvgIpc) is 4.12. The molecular formula is C52H46F5N5O3S. The summed E-state index contributed by atoms with van der Waals surface area (Å²) in [5, 5.41) is 5.44. The number of aldehydes is 1. The lowest BCUT2D eigenvalue weighted by Gasteiger charge is -2.25. The van der Waals surface area contributed by atoms with Crippen LogP contribution in [0.3, 0.4) is 0 Å². The van der Waals surface area contributed by atoms with Crippen molar-refractivity contribution in [1.82, 2.24) is 10.3 Å². The molecule has 338 valence electrons. The van der Waals surface area contributed by atoms with Gasteiger partial charge in [-0.3, -0.25) is 19.7 Å². The van der Waals surface area contributed by atoms with Crippen molar-refractivity contribution in [2.24, 2.45) is 5.73 Å². The molecule has 0 unspecified atom stereocenters. The number of aromatic nitrogens is 1. The van der Waals surface area contributed by atoms with E-state index in [-0.39, 0.29) is 29.5 Å². The molecule has 3 heterocycles. The minimum absolute atomic E-state index is 0.0593. The van der Waals surface area contributed by atoms with Gasteiger partial charge in [-0.05, 0) is 107 Å². The van der Waals surface area contributed by atoms with Crippen LogP contribution in [0.25, 0.3) is 22.3 Å². The molecule has 6 aromatic carbocycles. The van der Waals surface area contributed by atoms with Crippen LogP contribution in [-0.4, -0.2) is 54.4 Å². The predicted molar refractivity (Wildman–Crippen MR) is 249 cm³/mol. The van der Waals surface area contributed by atoms with Gasteiger partial charge in [-0.25, -0.2) is 13.8 Å². The molecule has 0 bridgehead atoms. The first-order valence-electron chi connectivity index (χ1n) is 21.2. The summed E-state index contributed by atoms with van der Waals surface area (Å²) < 4.78 is 57.8. The zero-order valence-corrected chi connectivity index (χ0v) is 36.5. The molecule has 0 spiro atoms. The van der Waals surface area contributed by atoms with Crippen molar-refractivity contribution in [2.45, 2.75) is 50.5 Å². The maximum atomic E-state index is 13.8. The van der Waals surface area contributed by atoms with Crippen molar-refractivity contribution in [3.8, 4) is 22.3 Å². The Morgan fingerprint density at radius 3 is 1.58 bits per heavy atom. The molecule has 0 fully saturated rings. The maximum Gasteiger partial charge on any atom is 0.446 e. The van der Waals surface area contributed by atoms with Crippen LogP contribution in [0.5, 0.6) is 0 Å². The fourth-order valence-corrected chi connectivity index (χ4v) is 8.41. The van der Waals surface area contributed by atoms with Gasteiger partial charge in [-0.1, -0.05) is 109 Å². The van der Waals surface area contributed by atoms with Crippen LogP contribution in [0.2, 0.25) is 0 Å². The van der Waals surface area contributed by atoms with E-state index in [1.807, 2.05) is 89.1 Å². The van der Waals surface area contributed by atoms with Gasteiger partial charge >= 0.3 is 6.18 Å². The number of rotatable bonds is 11. The monoisotopic (exact) mass is 915 g/mol. The third-order valence-corrected chi connectivity index (χ3v) is 11.8. The normalized spacial score (nSPS) is 13.6. The molecule has 2 atom stereocenters. The number of thiazole rings is 1. The van der Waals surface area contributed by atoms with Crippen LogP contribution in [-0.2, 0) is 46.6 Å². The Morgan fingerprint density at radius 1 is 0.667 bits per heavy atom. The van der Waals surface area contributed by atoms with Crippen LogP contribution >= 0.6 is 11.3 Å². The number of alkyl halides is 3. The van der Waals surface area contributed by atoms with Crippen LogP contribution < -0.4 is 20.9 Å². The first kappa shape index (κ1) is 47.1. The second-order valence-corrected chi connectivity index (χ2v) is 16.5. The average molecular weight is 916 g/mol. The molecule has 2 aliphatic heterocycles. The molecule has 2 aliphatic rings. The molecule has 0 saturated carbocycles. The van der Waals surface area contributed by atoms with Gasteiger partial charge in [0, 0.05) is 36.4 Å². The van der Waals surface area contributed by atoms with Crippen molar-refractivity contribution in [1.29, 1.82) is 0 Å². The highest BCUT2D eigenvalue weighted by atomic mass is 32.1. The number of amides is 2. The fourth-order valence-electron chi connectivity index (χ4n) is 7.85. The number of carbonyl (C=O) groups excluding carboxylic acids is 3. The highest BCUT2D eigenvalue weighted by Crippen LogP contribution is 2.35. The first-order chi connectivity index (χ1) is 31.8. The summed E-state index contributed by atoms with van der Waals surface area (Å²) in [6.07, 6.45) is -2.93. The molecule has 2 amide bonds. The predicted octanol–water partition coefficient (Wildman–Crippen LogP) is 9.94. The van der Waals surface area contributed by atoms with E-state index in [2.05, 4.69) is 28.5 Å². The molecule has 14 heteroatoms. The summed E-state index contributed by atoms with van der Waals surface area (Å²) in [6, 6.07) is 44.0. The Balaban J connectivity index is 0.000000178. The van der Waals surface area contributed by atoms with E-state index in [9.17, 15) is 31.5 Å². The molecular weight excluding hydrogens is 870 g/mol. The van der Waals surface area contributed by atoms with Crippen molar-refractivity contribution in [2.75, 3.05) is 22.9 Å². The lowest BCUT2D eigenvalue weighted by Crippen LogP contribution is -2.47. The standard InChI is InChI=1S/C27H24FN3OS.C23H21FN2O.C2HF3O/c28-23-10-8-20(9-11-23)22-7-6-21-12-13-31(26(21)15-22)27(32)25(14-19-4-2-1-3-5-19)29-16-24-17-33-18-30-24;24-20-10-8-17(9-11-20)19-7-6-18-12-13-26(22(18)15-19)23(27)21(25)14-16-4-2-1-3-5-16;3-2(4,5)1-6/h1-11,15,17-18,25,29H,12-14,16H2;1-11,15,21H,12-14,25H2;1H/t25-;21-;/m00./s1. The van der Waals surface area contributed by atoms with Gasteiger partial charge in [-0.15, -0.1) is 11.3 Å². The number of anilines is 2. The molecule has 1 aromatic heterocycles. The zero-order chi connectivity index (χ0) is 46.6. The van der Waals surface area contributed by atoms with Crippen molar-refractivity contribution >= 4 is 40.8 Å². The smallest absolute Gasteiger partial charge is 0.320 e. The molecule has 8 nitrogen and oxygen atoms in total. The number of nitrogens with one attached hydrogen (secondary N) is 1. The Kier molecular flexibility index (Phi) is 15.6. The van der Waals surface area contributed by atoms with E-state index in [0.717, 1.165) is 74.4 Å². The van der Waals surface area contributed by atoms with E-state index in [1.165, 1.54) is 24.3 Å². The number of fused-ring (bicyclic) bond motifs is 2. The number of benzene rings is 6. The summed E-state index contributed by atoms with van der Waals surface area (Å²) in [6.45, 7) is 1.84. The minimum atomic E-state index is -4.64. The number of hydrogen-bond donors (Lipinski definition) is 2. The van der Waals surface area contributed by atoms with Gasteiger partial charge in [0.05, 0.1) is 23.3 Å². The van der Waals surface area contributed by atoms with Gasteiger partial charge in [0.25, 0.3) is 0 Å². The lowest BCUT2D eigenvalue weighted by molar-refractivity contribution is -0.156. The molecule has 9 rings (SSSR count).